The summed E-state index contributed by atoms with van der Waals surface area (Å²) < 4.78 is 20.9. The summed E-state index contributed by atoms with van der Waals surface area (Å²) in [7, 11) is 1.59. The number of nitrogens with one attached hydrogen (secondary N) is 1. The van der Waals surface area contributed by atoms with Crippen LogP contribution in [0.4, 0.5) is 16.0 Å². The van der Waals surface area contributed by atoms with Crippen molar-refractivity contribution >= 4 is 39.1 Å². The van der Waals surface area contributed by atoms with Crippen LogP contribution in [-0.2, 0) is 11.3 Å². The molecule has 4 aromatic rings. The molecule has 0 aliphatic carbocycles. The number of nitrogens with zero attached hydrogens (tertiary/aromatic N) is 3. The van der Waals surface area contributed by atoms with Crippen LogP contribution in [0.1, 0.15) is 18.4 Å². The molecule has 1 amide bonds. The summed E-state index contributed by atoms with van der Waals surface area (Å²) in [6.45, 7) is 1.40. The van der Waals surface area contributed by atoms with Gasteiger partial charge < -0.3 is 15.0 Å². The first-order valence-electron chi connectivity index (χ1n) is 11.4. The molecule has 1 N–H and O–H groups in total. The maximum Gasteiger partial charge on any atom is 0.273 e. The van der Waals surface area contributed by atoms with Gasteiger partial charge in [0.05, 0.1) is 25.1 Å². The Bertz CT molecular complexity index is 1420. The van der Waals surface area contributed by atoms with Crippen LogP contribution in [0.25, 0.3) is 10.2 Å². The summed E-state index contributed by atoms with van der Waals surface area (Å²) in [4.78, 5) is 33.3. The summed E-state index contributed by atoms with van der Waals surface area (Å²) >= 11 is 1.36. The molecule has 180 valence electrons. The van der Waals surface area contributed by atoms with E-state index in [1.165, 1.54) is 23.5 Å². The van der Waals surface area contributed by atoms with Gasteiger partial charge in [-0.3, -0.25) is 14.2 Å². The molecule has 1 aliphatic rings. The van der Waals surface area contributed by atoms with Gasteiger partial charge in [-0.05, 0) is 54.1 Å². The third-order valence-corrected chi connectivity index (χ3v) is 7.10. The highest BCUT2D eigenvalue weighted by Crippen LogP contribution is 2.26. The maximum absolute atomic E-state index is 13.4. The Morgan fingerprint density at radius 2 is 2.06 bits per heavy atom. The van der Waals surface area contributed by atoms with Crippen LogP contribution < -0.4 is 20.5 Å². The second-order valence-corrected chi connectivity index (χ2v) is 9.49. The molecule has 0 unspecified atom stereocenters. The fraction of sp³-hybridized carbons (Fsp3) is 0.269. The lowest BCUT2D eigenvalue weighted by molar-refractivity contribution is -0.120. The van der Waals surface area contributed by atoms with E-state index in [0.717, 1.165) is 18.4 Å². The number of benzene rings is 2. The molecule has 1 saturated heterocycles. The number of amides is 1. The largest absolute Gasteiger partial charge is 0.497 e. The van der Waals surface area contributed by atoms with Crippen molar-refractivity contribution in [3.8, 4) is 5.75 Å². The van der Waals surface area contributed by atoms with E-state index in [4.69, 9.17) is 9.72 Å². The van der Waals surface area contributed by atoms with E-state index >= 15 is 0 Å². The van der Waals surface area contributed by atoms with Crippen LogP contribution >= 0.6 is 11.3 Å². The van der Waals surface area contributed by atoms with Gasteiger partial charge in [0.15, 0.2) is 0 Å². The van der Waals surface area contributed by atoms with Crippen molar-refractivity contribution in [3.05, 3.63) is 81.7 Å². The molecule has 35 heavy (non-hydrogen) atoms. The quantitative estimate of drug-likeness (QED) is 0.429. The number of fused-ring (bicyclic) bond motifs is 1. The molecule has 2 aromatic heterocycles. The topological polar surface area (TPSA) is 76.5 Å². The molecular formula is C26H25FN4O3S. The zero-order chi connectivity index (χ0) is 24.4. The van der Waals surface area contributed by atoms with Crippen LogP contribution in [0.5, 0.6) is 5.75 Å². The lowest BCUT2D eigenvalue weighted by atomic mass is 9.97. The Balaban J connectivity index is 1.43. The van der Waals surface area contributed by atoms with Gasteiger partial charge in [-0.2, -0.15) is 0 Å². The zero-order valence-electron chi connectivity index (χ0n) is 19.2. The van der Waals surface area contributed by atoms with Crippen LogP contribution in [0, 0.1) is 11.7 Å². The molecule has 1 atom stereocenters. The molecule has 1 aliphatic heterocycles. The molecule has 0 radical (unpaired) electrons. The van der Waals surface area contributed by atoms with Gasteiger partial charge in [0.2, 0.25) is 11.9 Å². The average Bonchev–Trinajstić information content (AvgIpc) is 3.36. The van der Waals surface area contributed by atoms with E-state index in [0.29, 0.717) is 40.7 Å². The number of halogens is 1. The minimum Gasteiger partial charge on any atom is -0.497 e. The molecule has 0 saturated carbocycles. The van der Waals surface area contributed by atoms with Gasteiger partial charge in [-0.1, -0.05) is 18.2 Å². The monoisotopic (exact) mass is 492 g/mol. The number of hydrogen-bond acceptors (Lipinski definition) is 6. The number of ether oxygens (including phenoxy) is 1. The predicted molar refractivity (Wildman–Crippen MR) is 136 cm³/mol. The number of methoxy groups -OCH3 is 1. The summed E-state index contributed by atoms with van der Waals surface area (Å²) in [5, 5.41) is 4.84. The lowest BCUT2D eigenvalue weighted by Crippen LogP contribution is -2.43. The Kier molecular flexibility index (Phi) is 6.50. The van der Waals surface area contributed by atoms with Crippen LogP contribution in [0.2, 0.25) is 0 Å². The molecule has 3 heterocycles. The minimum absolute atomic E-state index is 0.0769. The number of aromatic nitrogens is 2. The minimum atomic E-state index is -0.325. The normalized spacial score (nSPS) is 15.8. The Hall–Kier alpha value is -3.72. The molecule has 0 bridgehead atoms. The fourth-order valence-corrected chi connectivity index (χ4v) is 5.18. The summed E-state index contributed by atoms with van der Waals surface area (Å²) in [5.41, 5.74) is 2.00. The molecule has 9 heteroatoms. The summed E-state index contributed by atoms with van der Waals surface area (Å²) in [5.74, 6) is 0.542. The number of carbonyl (C=O) groups excluding carboxylic acids is 1. The Morgan fingerprint density at radius 1 is 1.23 bits per heavy atom. The van der Waals surface area contributed by atoms with Gasteiger partial charge in [0.25, 0.3) is 5.56 Å². The first-order valence-corrected chi connectivity index (χ1v) is 12.3. The Labute approximate surface area is 205 Å². The van der Waals surface area contributed by atoms with E-state index < -0.39 is 0 Å². The van der Waals surface area contributed by atoms with Crippen LogP contribution in [0.15, 0.2) is 64.8 Å². The highest BCUT2D eigenvalue weighted by atomic mass is 32.1. The third-order valence-electron chi connectivity index (χ3n) is 6.21. The van der Waals surface area contributed by atoms with E-state index in [2.05, 4.69) is 5.32 Å². The Morgan fingerprint density at radius 3 is 2.86 bits per heavy atom. The van der Waals surface area contributed by atoms with E-state index in [1.54, 1.807) is 29.9 Å². The van der Waals surface area contributed by atoms with Gasteiger partial charge in [-0.25, -0.2) is 9.37 Å². The third kappa shape index (κ3) is 4.90. The highest BCUT2D eigenvalue weighted by molar-refractivity contribution is 7.17. The number of piperidine rings is 1. The number of thiophene rings is 1. The number of rotatable bonds is 6. The van der Waals surface area contributed by atoms with Crippen molar-refractivity contribution in [3.63, 3.8) is 0 Å². The molecule has 5 rings (SSSR count). The summed E-state index contributed by atoms with van der Waals surface area (Å²) in [6, 6.07) is 15.2. The number of anilines is 2. The highest BCUT2D eigenvalue weighted by Gasteiger charge is 2.29. The summed E-state index contributed by atoms with van der Waals surface area (Å²) in [6.07, 6.45) is 1.54. The second-order valence-electron chi connectivity index (χ2n) is 8.57. The lowest BCUT2D eigenvalue weighted by Gasteiger charge is -2.34. The predicted octanol–water partition coefficient (Wildman–Crippen LogP) is 4.51. The van der Waals surface area contributed by atoms with E-state index in [-0.39, 0.29) is 29.7 Å². The van der Waals surface area contributed by atoms with Gasteiger partial charge >= 0.3 is 0 Å². The standard InChI is InChI=1S/C26H25FN4O3S/c1-34-21-6-2-5-20(14-21)28-24(32)18-4-3-12-30(16-18)26-29-22-11-13-35-23(22)25(33)31(26)15-17-7-9-19(27)10-8-17/h2,5-11,13-14,18H,3-4,12,15-16H2,1H3,(H,28,32)/t18-/m0/s1. The average molecular weight is 493 g/mol. The van der Waals surface area contributed by atoms with Crippen molar-refractivity contribution in [2.75, 3.05) is 30.4 Å². The van der Waals surface area contributed by atoms with Crippen molar-refractivity contribution in [2.24, 2.45) is 5.92 Å². The molecule has 2 aromatic carbocycles. The number of carbonyl (C=O) groups is 1. The SMILES string of the molecule is COc1cccc(NC(=O)[C@H]2CCCN(c3nc4ccsc4c(=O)n3Cc3ccc(F)cc3)C2)c1. The van der Waals surface area contributed by atoms with E-state index in [1.807, 2.05) is 34.5 Å². The zero-order valence-corrected chi connectivity index (χ0v) is 20.1. The van der Waals surface area contributed by atoms with Crippen LogP contribution in [-0.4, -0.2) is 35.7 Å². The fourth-order valence-electron chi connectivity index (χ4n) is 4.41. The van der Waals surface area contributed by atoms with Crippen LogP contribution in [0.3, 0.4) is 0 Å². The molecule has 7 nitrogen and oxygen atoms in total. The number of hydrogen-bond donors (Lipinski definition) is 1. The maximum atomic E-state index is 13.4. The van der Waals surface area contributed by atoms with Crippen molar-refractivity contribution in [2.45, 2.75) is 19.4 Å². The van der Waals surface area contributed by atoms with Gasteiger partial charge in [0, 0.05) is 24.8 Å². The molecular weight excluding hydrogens is 467 g/mol. The molecule has 0 spiro atoms. The second kappa shape index (κ2) is 9.87. The van der Waals surface area contributed by atoms with E-state index in [9.17, 15) is 14.0 Å². The first-order chi connectivity index (χ1) is 17.0. The molecule has 1 fully saturated rings. The van der Waals surface area contributed by atoms with Crippen molar-refractivity contribution in [1.29, 1.82) is 0 Å². The smallest absolute Gasteiger partial charge is 0.273 e. The van der Waals surface area contributed by atoms with Crippen molar-refractivity contribution in [1.82, 2.24) is 9.55 Å². The first kappa shape index (κ1) is 23.0. The van der Waals surface area contributed by atoms with Gasteiger partial charge in [0.1, 0.15) is 16.3 Å². The van der Waals surface area contributed by atoms with Crippen molar-refractivity contribution < 1.29 is 13.9 Å². The van der Waals surface area contributed by atoms with Gasteiger partial charge in [-0.15, -0.1) is 11.3 Å².